The smallest absolute Gasteiger partial charge is 0.179 e. The second-order valence-electron chi connectivity index (χ2n) is 5.12. The summed E-state index contributed by atoms with van der Waals surface area (Å²) in [5.41, 5.74) is 3.68. The van der Waals surface area contributed by atoms with Gasteiger partial charge in [0, 0.05) is 17.0 Å². The molecular weight excluding hydrogens is 398 g/mol. The molecule has 1 heterocycles. The minimum Gasteiger partial charge on any atom is -0.275 e. The van der Waals surface area contributed by atoms with Crippen LogP contribution in [0.25, 0.3) is 0 Å². The molecular formula is C15H10Cl3FN2O2S. The van der Waals surface area contributed by atoms with E-state index < -0.39 is 15.7 Å². The van der Waals surface area contributed by atoms with E-state index in [9.17, 15) is 12.8 Å². The predicted octanol–water partition coefficient (Wildman–Crippen LogP) is 4.78. The van der Waals surface area contributed by atoms with Gasteiger partial charge in [-0.3, -0.25) is 5.43 Å². The summed E-state index contributed by atoms with van der Waals surface area (Å²) < 4.78 is 37.7. The Hall–Kier alpha value is -1.34. The van der Waals surface area contributed by atoms with Crippen LogP contribution in [0.15, 0.2) is 40.3 Å². The molecule has 2 aromatic rings. The number of benzene rings is 2. The highest BCUT2D eigenvalue weighted by Gasteiger charge is 2.28. The van der Waals surface area contributed by atoms with Crippen LogP contribution in [-0.4, -0.2) is 19.9 Å². The van der Waals surface area contributed by atoms with Gasteiger partial charge in [0.1, 0.15) is 5.82 Å². The quantitative estimate of drug-likeness (QED) is 0.576. The minimum atomic E-state index is -3.44. The van der Waals surface area contributed by atoms with Crippen molar-refractivity contribution in [3.05, 3.63) is 56.8 Å². The first kappa shape index (κ1) is 17.5. The summed E-state index contributed by atoms with van der Waals surface area (Å²) in [5.74, 6) is -0.644. The van der Waals surface area contributed by atoms with Crippen molar-refractivity contribution in [2.75, 3.05) is 11.2 Å². The monoisotopic (exact) mass is 406 g/mol. The summed E-state index contributed by atoms with van der Waals surface area (Å²) >= 11 is 18.0. The molecule has 0 saturated carbocycles. The van der Waals surface area contributed by atoms with E-state index in [1.165, 1.54) is 18.2 Å². The van der Waals surface area contributed by atoms with E-state index in [4.69, 9.17) is 34.8 Å². The Kier molecular flexibility index (Phi) is 4.75. The number of nitrogens with zero attached hydrogens (tertiary/aromatic N) is 1. The van der Waals surface area contributed by atoms with Gasteiger partial charge in [-0.2, -0.15) is 5.10 Å². The summed E-state index contributed by atoms with van der Waals surface area (Å²) in [6, 6.07) is 6.50. The number of anilines is 1. The molecule has 126 valence electrons. The Morgan fingerprint density at radius 1 is 1.08 bits per heavy atom. The zero-order valence-electron chi connectivity index (χ0n) is 12.0. The van der Waals surface area contributed by atoms with Crippen LogP contribution in [0.3, 0.4) is 0 Å². The molecule has 24 heavy (non-hydrogen) atoms. The molecule has 0 saturated heterocycles. The summed E-state index contributed by atoms with van der Waals surface area (Å²) in [6.07, 6.45) is 0.147. The highest BCUT2D eigenvalue weighted by molar-refractivity contribution is 7.91. The maximum atomic E-state index is 13.5. The largest absolute Gasteiger partial charge is 0.275 e. The highest BCUT2D eigenvalue weighted by atomic mass is 35.5. The standard InChI is InChI=1S/C15H10Cl3FN2O2S/c16-8-5-11(17)15(12(18)6-8)21-20-13-3-4-24(22,23)14-2-1-9(19)7-10(13)14/h1-2,5-7,21H,3-4H2/b20-13-. The van der Waals surface area contributed by atoms with Gasteiger partial charge >= 0.3 is 0 Å². The minimum absolute atomic E-state index is 0.0593. The molecule has 0 aromatic heterocycles. The summed E-state index contributed by atoms with van der Waals surface area (Å²) in [6.45, 7) is 0. The number of nitrogens with one attached hydrogen (secondary N) is 1. The van der Waals surface area contributed by atoms with Gasteiger partial charge in [-0.1, -0.05) is 34.8 Å². The van der Waals surface area contributed by atoms with Crippen LogP contribution in [0.4, 0.5) is 10.1 Å². The number of hydrazone groups is 1. The Balaban J connectivity index is 2.03. The van der Waals surface area contributed by atoms with Crippen LogP contribution in [-0.2, 0) is 9.84 Å². The third-order valence-electron chi connectivity index (χ3n) is 3.50. The summed E-state index contributed by atoms with van der Waals surface area (Å²) in [7, 11) is -3.44. The maximum Gasteiger partial charge on any atom is 0.179 e. The van der Waals surface area contributed by atoms with Crippen LogP contribution in [0.1, 0.15) is 12.0 Å². The van der Waals surface area contributed by atoms with Crippen molar-refractivity contribution in [2.45, 2.75) is 11.3 Å². The molecule has 1 aliphatic heterocycles. The van der Waals surface area contributed by atoms with Crippen molar-refractivity contribution >= 4 is 56.0 Å². The number of hydrogen-bond donors (Lipinski definition) is 1. The second-order valence-corrected chi connectivity index (χ2v) is 8.45. The number of fused-ring (bicyclic) bond motifs is 1. The SMILES string of the molecule is O=S1(=O)CC/C(=N/Nc2c(Cl)cc(Cl)cc2Cl)c2cc(F)ccc21. The molecule has 4 nitrogen and oxygen atoms in total. The van der Waals surface area contributed by atoms with Gasteiger partial charge in [-0.25, -0.2) is 12.8 Å². The topological polar surface area (TPSA) is 58.5 Å². The van der Waals surface area contributed by atoms with Gasteiger partial charge in [0.15, 0.2) is 9.84 Å². The van der Waals surface area contributed by atoms with Crippen molar-refractivity contribution in [1.82, 2.24) is 0 Å². The molecule has 0 unspecified atom stereocenters. The Labute approximate surface area is 153 Å². The lowest BCUT2D eigenvalue weighted by Crippen LogP contribution is -2.23. The number of sulfone groups is 1. The molecule has 1 aliphatic rings. The number of rotatable bonds is 2. The fraction of sp³-hybridized carbons (Fsp3) is 0.133. The van der Waals surface area contributed by atoms with E-state index in [0.717, 1.165) is 12.1 Å². The zero-order chi connectivity index (χ0) is 17.5. The van der Waals surface area contributed by atoms with Crippen LogP contribution in [0.2, 0.25) is 15.1 Å². The third-order valence-corrected chi connectivity index (χ3v) is 6.09. The van der Waals surface area contributed by atoms with Gasteiger partial charge in [-0.05, 0) is 30.3 Å². The van der Waals surface area contributed by atoms with Gasteiger partial charge in [-0.15, -0.1) is 0 Å². The van der Waals surface area contributed by atoms with Crippen LogP contribution >= 0.6 is 34.8 Å². The lowest BCUT2D eigenvalue weighted by atomic mass is 10.1. The average molecular weight is 408 g/mol. The van der Waals surface area contributed by atoms with Crippen LogP contribution in [0, 0.1) is 5.82 Å². The van der Waals surface area contributed by atoms with Crippen LogP contribution in [0.5, 0.6) is 0 Å². The Bertz CT molecular complexity index is 938. The maximum absolute atomic E-state index is 13.5. The first-order chi connectivity index (χ1) is 11.3. The molecule has 0 fully saturated rings. The first-order valence-corrected chi connectivity index (χ1v) is 9.56. The molecule has 0 atom stereocenters. The fourth-order valence-corrected chi connectivity index (χ4v) is 4.73. The average Bonchev–Trinajstić information content (AvgIpc) is 2.48. The van der Waals surface area contributed by atoms with Gasteiger partial charge < -0.3 is 0 Å². The van der Waals surface area contributed by atoms with Crippen molar-refractivity contribution in [3.63, 3.8) is 0 Å². The fourth-order valence-electron chi connectivity index (χ4n) is 2.36. The van der Waals surface area contributed by atoms with Crippen molar-refractivity contribution in [2.24, 2.45) is 5.10 Å². The van der Waals surface area contributed by atoms with Gasteiger partial charge in [0.25, 0.3) is 0 Å². The van der Waals surface area contributed by atoms with Crippen LogP contribution < -0.4 is 5.43 Å². The Morgan fingerprint density at radius 2 is 1.75 bits per heavy atom. The Morgan fingerprint density at radius 3 is 2.42 bits per heavy atom. The van der Waals surface area contributed by atoms with Gasteiger partial charge in [0.05, 0.1) is 32.1 Å². The van der Waals surface area contributed by atoms with Crippen molar-refractivity contribution in [1.29, 1.82) is 0 Å². The molecule has 0 amide bonds. The molecule has 0 radical (unpaired) electrons. The lowest BCUT2D eigenvalue weighted by Gasteiger charge is -2.18. The third kappa shape index (κ3) is 3.37. The van der Waals surface area contributed by atoms with E-state index in [-0.39, 0.29) is 32.7 Å². The lowest BCUT2D eigenvalue weighted by molar-refractivity contribution is 0.593. The van der Waals surface area contributed by atoms with E-state index in [2.05, 4.69) is 10.5 Å². The molecule has 9 heteroatoms. The van der Waals surface area contributed by atoms with E-state index in [1.807, 2.05) is 0 Å². The van der Waals surface area contributed by atoms with Crippen molar-refractivity contribution in [3.8, 4) is 0 Å². The van der Waals surface area contributed by atoms with E-state index in [0.29, 0.717) is 16.4 Å². The normalized spacial score (nSPS) is 17.6. The molecule has 2 aromatic carbocycles. The van der Waals surface area contributed by atoms with Gasteiger partial charge in [0.2, 0.25) is 0 Å². The second kappa shape index (κ2) is 6.52. The molecule has 0 spiro atoms. The van der Waals surface area contributed by atoms with E-state index >= 15 is 0 Å². The first-order valence-electron chi connectivity index (χ1n) is 6.78. The van der Waals surface area contributed by atoms with E-state index in [1.54, 1.807) is 0 Å². The highest BCUT2D eigenvalue weighted by Crippen LogP contribution is 2.34. The summed E-state index contributed by atoms with van der Waals surface area (Å²) in [5, 5.41) is 5.08. The number of halogens is 4. The predicted molar refractivity (Wildman–Crippen MR) is 94.7 cm³/mol. The zero-order valence-corrected chi connectivity index (χ0v) is 15.1. The molecule has 0 bridgehead atoms. The summed E-state index contributed by atoms with van der Waals surface area (Å²) in [4.78, 5) is 0.0593. The molecule has 3 rings (SSSR count). The molecule has 1 N–H and O–H groups in total. The molecule has 0 aliphatic carbocycles. The number of hydrogen-bond acceptors (Lipinski definition) is 4. The van der Waals surface area contributed by atoms with Crippen molar-refractivity contribution < 1.29 is 12.8 Å².